The Bertz CT molecular complexity index is 832. The molecule has 25 heavy (non-hydrogen) atoms. The minimum atomic E-state index is -4.63. The summed E-state index contributed by atoms with van der Waals surface area (Å²) in [6.07, 6.45) is -4.63. The summed E-state index contributed by atoms with van der Waals surface area (Å²) in [5.41, 5.74) is 0.256. The van der Waals surface area contributed by atoms with Gasteiger partial charge in [-0.15, -0.1) is 0 Å². The topological polar surface area (TPSA) is 48.6 Å². The van der Waals surface area contributed by atoms with Gasteiger partial charge in [0.1, 0.15) is 12.8 Å². The Balaban J connectivity index is 2.71. The van der Waals surface area contributed by atoms with Gasteiger partial charge in [-0.05, 0) is 29.8 Å². The number of benzene rings is 1. The quantitative estimate of drug-likeness (QED) is 0.430. The van der Waals surface area contributed by atoms with E-state index >= 15 is 0 Å². The minimum absolute atomic E-state index is 0.0141. The summed E-state index contributed by atoms with van der Waals surface area (Å²) in [7, 11) is 3.87. The highest BCUT2D eigenvalue weighted by molar-refractivity contribution is 6.35. The van der Waals surface area contributed by atoms with Gasteiger partial charge in [-0.1, -0.05) is 23.2 Å². The summed E-state index contributed by atoms with van der Waals surface area (Å²) in [6.45, 7) is 1.68. The van der Waals surface area contributed by atoms with Gasteiger partial charge in [0.15, 0.2) is 5.69 Å². The first-order valence-corrected chi connectivity index (χ1v) is 7.63. The van der Waals surface area contributed by atoms with Gasteiger partial charge in [-0.2, -0.15) is 18.3 Å². The Morgan fingerprint density at radius 1 is 1.24 bits per heavy atom. The van der Waals surface area contributed by atoms with E-state index in [1.807, 2.05) is 0 Å². The lowest BCUT2D eigenvalue weighted by atomic mass is 10.0. The van der Waals surface area contributed by atoms with Crippen molar-refractivity contribution in [1.29, 1.82) is 0 Å². The lowest BCUT2D eigenvalue weighted by Gasteiger charge is -2.11. The van der Waals surface area contributed by atoms with Gasteiger partial charge in [0, 0.05) is 12.6 Å². The smallest absolute Gasteiger partial charge is 0.434 e. The van der Waals surface area contributed by atoms with Gasteiger partial charge in [-0.3, -0.25) is 4.68 Å². The SMILES string of the molecule is CO/N=C(\OC)c1cc(-c2nn(C)c(C(F)(F)F)c2Cl)c(C)cc1Cl. The molecule has 5 nitrogen and oxygen atoms in total. The number of ether oxygens (including phenoxy) is 1. The van der Waals surface area contributed by atoms with Crippen LogP contribution in [0.4, 0.5) is 13.2 Å². The molecule has 0 bridgehead atoms. The van der Waals surface area contributed by atoms with E-state index in [1.54, 1.807) is 13.0 Å². The van der Waals surface area contributed by atoms with E-state index in [1.165, 1.54) is 27.3 Å². The van der Waals surface area contributed by atoms with Crippen molar-refractivity contribution in [2.45, 2.75) is 13.1 Å². The molecule has 0 spiro atoms. The lowest BCUT2D eigenvalue weighted by Crippen LogP contribution is -2.12. The third kappa shape index (κ3) is 3.69. The Hall–Kier alpha value is -1.93. The van der Waals surface area contributed by atoms with Gasteiger partial charge in [0.25, 0.3) is 5.90 Å². The summed E-state index contributed by atoms with van der Waals surface area (Å²) in [4.78, 5) is 4.68. The largest absolute Gasteiger partial charge is 0.478 e. The molecule has 1 aromatic heterocycles. The number of hydrogen-bond donors (Lipinski definition) is 0. The van der Waals surface area contributed by atoms with Crippen LogP contribution in [0.25, 0.3) is 11.3 Å². The molecule has 0 saturated carbocycles. The Labute approximate surface area is 151 Å². The Kier molecular flexibility index (Phi) is 5.53. The molecule has 0 atom stereocenters. The van der Waals surface area contributed by atoms with Crippen molar-refractivity contribution in [3.8, 4) is 11.3 Å². The normalized spacial score (nSPS) is 12.4. The predicted octanol–water partition coefficient (Wildman–Crippen LogP) is 4.68. The van der Waals surface area contributed by atoms with E-state index in [-0.39, 0.29) is 11.6 Å². The molecule has 0 amide bonds. The Morgan fingerprint density at radius 2 is 1.88 bits per heavy atom. The van der Waals surface area contributed by atoms with E-state index in [9.17, 15) is 13.2 Å². The van der Waals surface area contributed by atoms with E-state index in [2.05, 4.69) is 15.1 Å². The molecule has 0 radical (unpaired) electrons. The number of hydrogen-bond acceptors (Lipinski definition) is 4. The van der Waals surface area contributed by atoms with E-state index in [0.717, 1.165) is 0 Å². The first kappa shape index (κ1) is 19.4. The molecule has 10 heteroatoms. The van der Waals surface area contributed by atoms with Crippen LogP contribution in [0.5, 0.6) is 0 Å². The summed E-state index contributed by atoms with van der Waals surface area (Å²) in [5.74, 6) is 0.0665. The monoisotopic (exact) mass is 395 g/mol. The van der Waals surface area contributed by atoms with Crippen molar-refractivity contribution < 1.29 is 22.7 Å². The number of halogens is 5. The fraction of sp³-hybridized carbons (Fsp3) is 0.333. The summed E-state index contributed by atoms with van der Waals surface area (Å²) in [6, 6.07) is 3.07. The molecule has 0 saturated heterocycles. The second-order valence-corrected chi connectivity index (χ2v) is 5.85. The van der Waals surface area contributed by atoms with E-state index in [4.69, 9.17) is 27.9 Å². The zero-order valence-corrected chi connectivity index (χ0v) is 15.2. The predicted molar refractivity (Wildman–Crippen MR) is 89.0 cm³/mol. The zero-order chi connectivity index (χ0) is 18.9. The average Bonchev–Trinajstić information content (AvgIpc) is 2.80. The molecule has 0 aliphatic carbocycles. The first-order chi connectivity index (χ1) is 11.6. The van der Waals surface area contributed by atoms with Crippen LogP contribution in [-0.4, -0.2) is 29.9 Å². The third-order valence-electron chi connectivity index (χ3n) is 3.43. The van der Waals surface area contributed by atoms with Crippen LogP contribution in [-0.2, 0) is 22.8 Å². The number of alkyl halides is 3. The second-order valence-electron chi connectivity index (χ2n) is 5.06. The van der Waals surface area contributed by atoms with Crippen molar-refractivity contribution in [2.24, 2.45) is 12.2 Å². The molecular formula is C15H14Cl2F3N3O2. The van der Waals surface area contributed by atoms with E-state index in [0.29, 0.717) is 26.4 Å². The maximum absolute atomic E-state index is 13.1. The number of methoxy groups -OCH3 is 1. The van der Waals surface area contributed by atoms with Crippen LogP contribution in [0, 0.1) is 6.92 Å². The molecule has 0 aliphatic heterocycles. The van der Waals surface area contributed by atoms with Crippen molar-refractivity contribution in [3.05, 3.63) is 39.0 Å². The summed E-state index contributed by atoms with van der Waals surface area (Å²) >= 11 is 12.2. The average molecular weight is 396 g/mol. The van der Waals surface area contributed by atoms with Crippen molar-refractivity contribution in [2.75, 3.05) is 14.2 Å². The van der Waals surface area contributed by atoms with Crippen LogP contribution in [0.1, 0.15) is 16.8 Å². The van der Waals surface area contributed by atoms with Gasteiger partial charge < -0.3 is 9.57 Å². The zero-order valence-electron chi connectivity index (χ0n) is 13.7. The highest BCUT2D eigenvalue weighted by Gasteiger charge is 2.39. The summed E-state index contributed by atoms with van der Waals surface area (Å²) in [5, 5.41) is 7.42. The van der Waals surface area contributed by atoms with Crippen LogP contribution >= 0.6 is 23.2 Å². The molecule has 1 aromatic carbocycles. The van der Waals surface area contributed by atoms with Gasteiger partial charge in [0.2, 0.25) is 0 Å². The first-order valence-electron chi connectivity index (χ1n) is 6.87. The van der Waals surface area contributed by atoms with Crippen molar-refractivity contribution in [1.82, 2.24) is 9.78 Å². The van der Waals surface area contributed by atoms with Crippen molar-refractivity contribution in [3.63, 3.8) is 0 Å². The molecule has 0 unspecified atom stereocenters. The molecule has 136 valence electrons. The van der Waals surface area contributed by atoms with Crippen LogP contribution in [0.2, 0.25) is 10.0 Å². The number of nitrogens with zero attached hydrogens (tertiary/aromatic N) is 3. The number of aryl methyl sites for hydroxylation is 2. The van der Waals surface area contributed by atoms with Crippen LogP contribution < -0.4 is 0 Å². The fourth-order valence-electron chi connectivity index (χ4n) is 2.35. The van der Waals surface area contributed by atoms with Gasteiger partial charge in [0.05, 0.1) is 22.7 Å². The molecule has 2 rings (SSSR count). The van der Waals surface area contributed by atoms with Crippen LogP contribution in [0.3, 0.4) is 0 Å². The highest BCUT2D eigenvalue weighted by Crippen LogP contribution is 2.41. The van der Waals surface area contributed by atoms with Crippen LogP contribution in [0.15, 0.2) is 17.3 Å². The molecule has 2 aromatic rings. The third-order valence-corrected chi connectivity index (χ3v) is 4.10. The molecule has 1 heterocycles. The molecule has 0 N–H and O–H groups in total. The van der Waals surface area contributed by atoms with E-state index < -0.39 is 16.9 Å². The van der Waals surface area contributed by atoms with Gasteiger partial charge >= 0.3 is 6.18 Å². The van der Waals surface area contributed by atoms with Crippen molar-refractivity contribution >= 4 is 29.1 Å². The highest BCUT2D eigenvalue weighted by atomic mass is 35.5. The Morgan fingerprint density at radius 3 is 2.36 bits per heavy atom. The fourth-order valence-corrected chi connectivity index (χ4v) is 3.02. The maximum atomic E-state index is 13.1. The number of aromatic nitrogens is 2. The number of oxime groups is 1. The number of rotatable bonds is 3. The minimum Gasteiger partial charge on any atom is -0.478 e. The molecular weight excluding hydrogens is 382 g/mol. The summed E-state index contributed by atoms with van der Waals surface area (Å²) < 4.78 is 45.2. The molecule has 0 fully saturated rings. The standard InChI is InChI=1S/C15H14Cl2F3N3O2/c1-7-5-10(16)9(14(24-3)22-25-4)6-8(7)12-11(17)13(15(18,19)20)23(2)21-12/h5-6H,1-4H3/b22-14-. The molecule has 0 aliphatic rings. The lowest BCUT2D eigenvalue weighted by molar-refractivity contribution is -0.143. The second kappa shape index (κ2) is 7.13. The van der Waals surface area contributed by atoms with Gasteiger partial charge in [-0.25, -0.2) is 0 Å². The maximum Gasteiger partial charge on any atom is 0.434 e.